The van der Waals surface area contributed by atoms with E-state index in [1.54, 1.807) is 0 Å². The number of ether oxygens (including phenoxy) is 1. The van der Waals surface area contributed by atoms with Gasteiger partial charge in [-0.3, -0.25) is 0 Å². The topological polar surface area (TPSA) is 44.4 Å². The standard InChI is InChI=1S/C58H38NO3P/c1-57(2)41-21-9-6-19-38(41)55-45(57)30-31-48-56(55)39-20-7-12-24-47(39)59(48)35-28-29-43-52(32-35)62-50-26-14-10-22-42(50)58(43)44-23-11-15-27-53(44)63(60,36-16-4-3-5-17-36)54-34-51-40(33-46(54)58)37-18-8-13-25-49(37)61-51/h3-34H,1-2H3. The molecule has 4 nitrogen and oxygen atoms in total. The maximum absolute atomic E-state index is 16.6. The monoisotopic (exact) mass is 827 g/mol. The number of hydrogen-bond acceptors (Lipinski definition) is 3. The Morgan fingerprint density at radius 2 is 1.16 bits per heavy atom. The van der Waals surface area contributed by atoms with Gasteiger partial charge in [-0.05, 0) is 75.8 Å². The fraction of sp³-hybridized carbons (Fsp3) is 0.0690. The van der Waals surface area contributed by atoms with Crippen LogP contribution in [0.2, 0.25) is 0 Å². The molecule has 0 radical (unpaired) electrons. The molecule has 0 bridgehead atoms. The predicted molar refractivity (Wildman–Crippen MR) is 257 cm³/mol. The van der Waals surface area contributed by atoms with E-state index in [1.807, 2.05) is 54.6 Å². The summed E-state index contributed by atoms with van der Waals surface area (Å²) < 4.78 is 32.7. The molecule has 2 aromatic heterocycles. The molecule has 1 spiro atoms. The molecule has 63 heavy (non-hydrogen) atoms. The van der Waals surface area contributed by atoms with Gasteiger partial charge >= 0.3 is 0 Å². The Morgan fingerprint density at radius 1 is 0.476 bits per heavy atom. The van der Waals surface area contributed by atoms with Gasteiger partial charge in [-0.1, -0.05) is 159 Å². The van der Waals surface area contributed by atoms with E-state index in [-0.39, 0.29) is 5.41 Å². The van der Waals surface area contributed by atoms with Gasteiger partial charge in [0.25, 0.3) is 0 Å². The van der Waals surface area contributed by atoms with Gasteiger partial charge < -0.3 is 18.3 Å². The van der Waals surface area contributed by atoms with Gasteiger partial charge in [0.1, 0.15) is 22.7 Å². The van der Waals surface area contributed by atoms with Crippen molar-refractivity contribution in [1.82, 2.24) is 4.57 Å². The summed E-state index contributed by atoms with van der Waals surface area (Å²) >= 11 is 0. The van der Waals surface area contributed by atoms with Gasteiger partial charge in [0.2, 0.25) is 0 Å². The van der Waals surface area contributed by atoms with Crippen LogP contribution in [0, 0.1) is 0 Å². The van der Waals surface area contributed by atoms with Gasteiger partial charge in [-0.15, -0.1) is 0 Å². The van der Waals surface area contributed by atoms with Crippen molar-refractivity contribution >= 4 is 66.8 Å². The molecule has 5 heteroatoms. The minimum atomic E-state index is -3.46. The molecule has 2 atom stereocenters. The largest absolute Gasteiger partial charge is 0.457 e. The second-order valence-corrected chi connectivity index (χ2v) is 20.6. The molecular formula is C58H38NO3P. The first-order valence-electron chi connectivity index (χ1n) is 21.7. The Morgan fingerprint density at radius 3 is 2.03 bits per heavy atom. The summed E-state index contributed by atoms with van der Waals surface area (Å²) in [5.41, 5.74) is 13.2. The van der Waals surface area contributed by atoms with Crippen LogP contribution < -0.4 is 20.7 Å². The van der Waals surface area contributed by atoms with Crippen molar-refractivity contribution in [2.24, 2.45) is 0 Å². The van der Waals surface area contributed by atoms with Crippen LogP contribution in [0.1, 0.15) is 47.2 Å². The number of nitrogens with zero attached hydrogens (tertiary/aromatic N) is 1. The van der Waals surface area contributed by atoms with Gasteiger partial charge in [0.05, 0.1) is 16.4 Å². The number of hydrogen-bond donors (Lipinski definition) is 0. The van der Waals surface area contributed by atoms with Crippen LogP contribution in [0.4, 0.5) is 0 Å². The number of fused-ring (bicyclic) bond motifs is 18. The molecule has 11 aromatic rings. The zero-order valence-electron chi connectivity index (χ0n) is 34.6. The van der Waals surface area contributed by atoms with Crippen molar-refractivity contribution in [2.45, 2.75) is 24.7 Å². The van der Waals surface area contributed by atoms with Crippen molar-refractivity contribution in [3.8, 4) is 28.3 Å². The predicted octanol–water partition coefficient (Wildman–Crippen LogP) is 13.4. The highest BCUT2D eigenvalue weighted by Gasteiger charge is 2.55. The van der Waals surface area contributed by atoms with Crippen LogP contribution in [0.25, 0.3) is 60.6 Å². The first kappa shape index (κ1) is 35.2. The van der Waals surface area contributed by atoms with E-state index in [0.29, 0.717) is 0 Å². The summed E-state index contributed by atoms with van der Waals surface area (Å²) in [6.45, 7) is 4.69. The maximum Gasteiger partial charge on any atom is 0.171 e. The van der Waals surface area contributed by atoms with E-state index < -0.39 is 12.6 Å². The third kappa shape index (κ3) is 4.29. The van der Waals surface area contributed by atoms with Crippen LogP contribution in [-0.4, -0.2) is 4.57 Å². The minimum Gasteiger partial charge on any atom is -0.457 e. The normalized spacial score (nSPS) is 18.8. The Hall–Kier alpha value is -7.39. The van der Waals surface area contributed by atoms with Gasteiger partial charge in [-0.25, -0.2) is 0 Å². The highest BCUT2D eigenvalue weighted by atomic mass is 31.2. The molecule has 9 aromatic carbocycles. The van der Waals surface area contributed by atoms with Crippen molar-refractivity contribution in [3.63, 3.8) is 0 Å². The third-order valence-electron chi connectivity index (χ3n) is 14.5. The van der Waals surface area contributed by atoms with Crippen LogP contribution in [0.5, 0.6) is 11.5 Å². The summed E-state index contributed by atoms with van der Waals surface area (Å²) in [6.07, 6.45) is 0. The number of aromatic nitrogens is 1. The number of furan rings is 1. The molecule has 2 unspecified atom stereocenters. The molecule has 0 saturated carbocycles. The van der Waals surface area contributed by atoms with Crippen molar-refractivity contribution in [1.29, 1.82) is 0 Å². The second-order valence-electron chi connectivity index (χ2n) is 17.9. The van der Waals surface area contributed by atoms with Gasteiger partial charge in [-0.2, -0.15) is 0 Å². The molecule has 0 N–H and O–H groups in total. The average molecular weight is 828 g/mol. The van der Waals surface area contributed by atoms with Crippen LogP contribution in [0.3, 0.4) is 0 Å². The third-order valence-corrected chi connectivity index (χ3v) is 17.7. The lowest BCUT2D eigenvalue weighted by Gasteiger charge is -2.47. The van der Waals surface area contributed by atoms with Gasteiger partial charge in [0.15, 0.2) is 7.14 Å². The van der Waals surface area contributed by atoms with Crippen LogP contribution in [0.15, 0.2) is 199 Å². The number of benzene rings is 9. The molecule has 3 aliphatic rings. The lowest BCUT2D eigenvalue weighted by Crippen LogP contribution is -2.48. The SMILES string of the molecule is CC1(C)c2ccccc2-c2c1ccc1c2c2ccccc2n1-c1ccc2c(c1)Oc1ccccc1C21c2ccccc2P(=O)(c2ccccc2)c2cc3oc4ccccc4c3cc21. The van der Waals surface area contributed by atoms with E-state index in [1.165, 1.54) is 33.0 Å². The summed E-state index contributed by atoms with van der Waals surface area (Å²) in [5, 5.41) is 6.91. The highest BCUT2D eigenvalue weighted by molar-refractivity contribution is 7.85. The van der Waals surface area contributed by atoms with Crippen LogP contribution in [-0.2, 0) is 15.4 Å². The lowest BCUT2D eigenvalue weighted by molar-refractivity contribution is 0.435. The Kier molecular flexibility index (Phi) is 6.80. The molecule has 0 fully saturated rings. The lowest BCUT2D eigenvalue weighted by atomic mass is 9.63. The molecule has 4 heterocycles. The fourth-order valence-corrected chi connectivity index (χ4v) is 15.0. The number of para-hydroxylation sites is 3. The fourth-order valence-electron chi connectivity index (χ4n) is 11.9. The molecule has 14 rings (SSSR count). The Bertz CT molecular complexity index is 3850. The molecule has 2 aliphatic heterocycles. The van der Waals surface area contributed by atoms with Crippen LogP contribution >= 0.6 is 7.14 Å². The molecule has 1 aliphatic carbocycles. The number of rotatable bonds is 2. The molecule has 298 valence electrons. The Labute approximate surface area is 364 Å². The van der Waals surface area contributed by atoms with Crippen molar-refractivity contribution in [2.75, 3.05) is 0 Å². The van der Waals surface area contributed by atoms with Gasteiger partial charge in [0, 0.05) is 65.8 Å². The zero-order valence-corrected chi connectivity index (χ0v) is 35.5. The highest BCUT2D eigenvalue weighted by Crippen LogP contribution is 2.62. The summed E-state index contributed by atoms with van der Waals surface area (Å²) in [7, 11) is -3.46. The summed E-state index contributed by atoms with van der Waals surface area (Å²) in [6, 6.07) is 68.4. The molecular weight excluding hydrogens is 790 g/mol. The smallest absolute Gasteiger partial charge is 0.171 e. The average Bonchev–Trinajstić information content (AvgIpc) is 3.95. The van der Waals surface area contributed by atoms with E-state index in [9.17, 15) is 0 Å². The van der Waals surface area contributed by atoms with E-state index >= 15 is 4.57 Å². The second kappa shape index (κ2) is 12.2. The summed E-state index contributed by atoms with van der Waals surface area (Å²) in [5.74, 6) is 1.54. The quantitative estimate of drug-likeness (QED) is 0.163. The van der Waals surface area contributed by atoms with E-state index in [2.05, 4.69) is 158 Å². The maximum atomic E-state index is 16.6. The minimum absolute atomic E-state index is 0.115. The first-order chi connectivity index (χ1) is 30.9. The van der Waals surface area contributed by atoms with Crippen molar-refractivity contribution in [3.05, 3.63) is 228 Å². The van der Waals surface area contributed by atoms with E-state index in [0.717, 1.165) is 88.3 Å². The van der Waals surface area contributed by atoms with Crippen molar-refractivity contribution < 1.29 is 13.7 Å². The molecule has 0 saturated heterocycles. The van der Waals surface area contributed by atoms with E-state index in [4.69, 9.17) is 9.15 Å². The Balaban J connectivity index is 1.09. The molecule has 0 amide bonds. The summed E-state index contributed by atoms with van der Waals surface area (Å²) in [4.78, 5) is 0. The first-order valence-corrected chi connectivity index (χ1v) is 23.4. The zero-order chi connectivity index (χ0) is 41.8.